The Bertz CT molecular complexity index is 503. The third-order valence-corrected chi connectivity index (χ3v) is 4.01. The molecule has 0 saturated carbocycles. The number of benzene rings is 1. The second-order valence-corrected chi connectivity index (χ2v) is 5.60. The molecule has 5 heteroatoms. The number of piperidine rings is 1. The van der Waals surface area contributed by atoms with Crippen molar-refractivity contribution in [2.24, 2.45) is 5.92 Å². The average molecular weight is 293 g/mol. The maximum atomic E-state index is 11.7. The molecule has 0 aromatic heterocycles. The van der Waals surface area contributed by atoms with E-state index in [1.807, 2.05) is 4.90 Å². The van der Waals surface area contributed by atoms with Crippen LogP contribution in [0.5, 0.6) is 11.5 Å². The first-order valence-electron chi connectivity index (χ1n) is 7.25. The number of carboxylic acids is 1. The molecule has 1 aliphatic heterocycles. The van der Waals surface area contributed by atoms with E-state index >= 15 is 0 Å². The fourth-order valence-corrected chi connectivity index (χ4v) is 2.99. The molecule has 0 bridgehead atoms. The molecule has 1 aromatic rings. The Morgan fingerprint density at radius 3 is 2.62 bits per heavy atom. The molecule has 1 N–H and O–H groups in total. The fourth-order valence-electron chi connectivity index (χ4n) is 2.99. The van der Waals surface area contributed by atoms with Crippen LogP contribution in [0.15, 0.2) is 18.2 Å². The van der Waals surface area contributed by atoms with Crippen molar-refractivity contribution in [2.45, 2.75) is 25.8 Å². The van der Waals surface area contributed by atoms with Gasteiger partial charge in [0.25, 0.3) is 0 Å². The summed E-state index contributed by atoms with van der Waals surface area (Å²) in [6.07, 6.45) is 2.20. The van der Waals surface area contributed by atoms with Gasteiger partial charge >= 0.3 is 5.97 Å². The van der Waals surface area contributed by atoms with Crippen molar-refractivity contribution in [3.05, 3.63) is 23.8 Å². The SMILES string of the molecule is COc1ccc(C(C(=O)O)N2CCCC(C)C2)cc1OC. The molecule has 1 aliphatic rings. The number of rotatable bonds is 5. The number of hydrogen-bond acceptors (Lipinski definition) is 4. The van der Waals surface area contributed by atoms with Gasteiger partial charge in [0.15, 0.2) is 11.5 Å². The van der Waals surface area contributed by atoms with Crippen LogP contribution in [-0.4, -0.2) is 43.3 Å². The molecule has 116 valence electrons. The quantitative estimate of drug-likeness (QED) is 0.904. The second-order valence-electron chi connectivity index (χ2n) is 5.60. The largest absolute Gasteiger partial charge is 0.493 e. The van der Waals surface area contributed by atoms with Crippen molar-refractivity contribution >= 4 is 5.97 Å². The molecular weight excluding hydrogens is 270 g/mol. The van der Waals surface area contributed by atoms with Gasteiger partial charge in [-0.2, -0.15) is 0 Å². The summed E-state index contributed by atoms with van der Waals surface area (Å²) in [7, 11) is 3.12. The highest BCUT2D eigenvalue weighted by atomic mass is 16.5. The van der Waals surface area contributed by atoms with Crippen LogP contribution < -0.4 is 9.47 Å². The van der Waals surface area contributed by atoms with E-state index in [1.54, 1.807) is 32.4 Å². The highest BCUT2D eigenvalue weighted by Crippen LogP contribution is 2.33. The zero-order chi connectivity index (χ0) is 15.4. The Morgan fingerprint density at radius 1 is 1.33 bits per heavy atom. The zero-order valence-electron chi connectivity index (χ0n) is 12.8. The zero-order valence-corrected chi connectivity index (χ0v) is 12.8. The van der Waals surface area contributed by atoms with Gasteiger partial charge in [-0.15, -0.1) is 0 Å². The Labute approximate surface area is 125 Å². The molecule has 0 aliphatic carbocycles. The molecule has 1 saturated heterocycles. The van der Waals surface area contributed by atoms with E-state index in [0.29, 0.717) is 17.4 Å². The highest BCUT2D eigenvalue weighted by Gasteiger charge is 2.31. The highest BCUT2D eigenvalue weighted by molar-refractivity contribution is 5.76. The number of methoxy groups -OCH3 is 2. The van der Waals surface area contributed by atoms with Gasteiger partial charge in [-0.3, -0.25) is 9.69 Å². The standard InChI is InChI=1S/C16H23NO4/c1-11-5-4-8-17(10-11)15(16(18)19)12-6-7-13(20-2)14(9-12)21-3/h6-7,9,11,15H,4-5,8,10H2,1-3H3,(H,18,19). The monoisotopic (exact) mass is 293 g/mol. The van der Waals surface area contributed by atoms with E-state index in [-0.39, 0.29) is 0 Å². The van der Waals surface area contributed by atoms with Crippen molar-refractivity contribution in [1.29, 1.82) is 0 Å². The molecule has 1 heterocycles. The van der Waals surface area contributed by atoms with Gasteiger partial charge < -0.3 is 14.6 Å². The van der Waals surface area contributed by atoms with Crippen molar-refractivity contribution in [2.75, 3.05) is 27.3 Å². The summed E-state index contributed by atoms with van der Waals surface area (Å²) >= 11 is 0. The summed E-state index contributed by atoms with van der Waals surface area (Å²) in [6, 6.07) is 4.70. The first-order chi connectivity index (χ1) is 10.1. The van der Waals surface area contributed by atoms with Crippen LogP contribution >= 0.6 is 0 Å². The van der Waals surface area contributed by atoms with Crippen LogP contribution in [0.3, 0.4) is 0 Å². The average Bonchev–Trinajstić information content (AvgIpc) is 2.47. The lowest BCUT2D eigenvalue weighted by atomic mass is 9.96. The number of carboxylic acid groups (broad SMARTS) is 1. The lowest BCUT2D eigenvalue weighted by Crippen LogP contribution is -2.40. The smallest absolute Gasteiger partial charge is 0.325 e. The predicted octanol–water partition coefficient (Wildman–Crippen LogP) is 2.56. The Morgan fingerprint density at radius 2 is 2.05 bits per heavy atom. The summed E-state index contributed by atoms with van der Waals surface area (Å²) in [5, 5.41) is 9.64. The maximum Gasteiger partial charge on any atom is 0.325 e. The van der Waals surface area contributed by atoms with Crippen molar-refractivity contribution in [1.82, 2.24) is 4.90 Å². The van der Waals surface area contributed by atoms with Gasteiger partial charge in [0, 0.05) is 6.54 Å². The second kappa shape index (κ2) is 6.80. The molecule has 0 amide bonds. The van der Waals surface area contributed by atoms with E-state index < -0.39 is 12.0 Å². The van der Waals surface area contributed by atoms with Gasteiger partial charge in [-0.05, 0) is 43.0 Å². The number of nitrogens with zero attached hydrogens (tertiary/aromatic N) is 1. The van der Waals surface area contributed by atoms with Crippen LogP contribution in [0.25, 0.3) is 0 Å². The Balaban J connectivity index is 2.31. The first-order valence-corrected chi connectivity index (χ1v) is 7.25. The van der Waals surface area contributed by atoms with Crippen LogP contribution in [0.1, 0.15) is 31.4 Å². The maximum absolute atomic E-state index is 11.7. The molecule has 0 spiro atoms. The number of ether oxygens (including phenoxy) is 2. The summed E-state index contributed by atoms with van der Waals surface area (Å²) in [5.41, 5.74) is 0.731. The van der Waals surface area contributed by atoms with Crippen LogP contribution in [0.2, 0.25) is 0 Å². The van der Waals surface area contributed by atoms with E-state index in [4.69, 9.17) is 9.47 Å². The predicted molar refractivity (Wildman–Crippen MR) is 79.9 cm³/mol. The molecule has 5 nitrogen and oxygen atoms in total. The molecular formula is C16H23NO4. The van der Waals surface area contributed by atoms with Gasteiger partial charge in [-0.25, -0.2) is 0 Å². The van der Waals surface area contributed by atoms with Crippen LogP contribution in [-0.2, 0) is 4.79 Å². The van der Waals surface area contributed by atoms with Crippen molar-refractivity contribution < 1.29 is 19.4 Å². The summed E-state index contributed by atoms with van der Waals surface area (Å²) in [6.45, 7) is 3.79. The third kappa shape index (κ3) is 3.47. The number of likely N-dealkylation sites (tertiary alicyclic amines) is 1. The summed E-state index contributed by atoms with van der Waals surface area (Å²) < 4.78 is 10.5. The fraction of sp³-hybridized carbons (Fsp3) is 0.562. The topological polar surface area (TPSA) is 59.0 Å². The summed E-state index contributed by atoms with van der Waals surface area (Å²) in [4.78, 5) is 13.8. The lowest BCUT2D eigenvalue weighted by molar-refractivity contribution is -0.144. The van der Waals surface area contributed by atoms with E-state index in [9.17, 15) is 9.90 Å². The number of carbonyl (C=O) groups is 1. The molecule has 1 aromatic carbocycles. The normalized spacial score (nSPS) is 20.8. The van der Waals surface area contributed by atoms with Gasteiger partial charge in [0.05, 0.1) is 14.2 Å². The number of hydrogen-bond donors (Lipinski definition) is 1. The Hall–Kier alpha value is -1.75. The van der Waals surface area contributed by atoms with Crippen LogP contribution in [0, 0.1) is 5.92 Å². The molecule has 1 fully saturated rings. The molecule has 21 heavy (non-hydrogen) atoms. The molecule has 2 rings (SSSR count). The molecule has 2 unspecified atom stereocenters. The third-order valence-electron chi connectivity index (χ3n) is 4.01. The van der Waals surface area contributed by atoms with Crippen molar-refractivity contribution in [3.8, 4) is 11.5 Å². The van der Waals surface area contributed by atoms with Gasteiger partial charge in [0.2, 0.25) is 0 Å². The first kappa shape index (κ1) is 15.6. The Kier molecular flexibility index (Phi) is 5.07. The minimum Gasteiger partial charge on any atom is -0.493 e. The molecule has 2 atom stereocenters. The van der Waals surface area contributed by atoms with E-state index in [2.05, 4.69) is 6.92 Å². The minimum atomic E-state index is -0.823. The minimum absolute atomic E-state index is 0.528. The van der Waals surface area contributed by atoms with Crippen LogP contribution in [0.4, 0.5) is 0 Å². The van der Waals surface area contributed by atoms with Gasteiger partial charge in [0.1, 0.15) is 6.04 Å². The number of aliphatic carboxylic acids is 1. The van der Waals surface area contributed by atoms with E-state index in [1.165, 1.54) is 0 Å². The molecule has 0 radical (unpaired) electrons. The van der Waals surface area contributed by atoms with Crippen molar-refractivity contribution in [3.63, 3.8) is 0 Å². The summed E-state index contributed by atoms with van der Waals surface area (Å²) in [5.74, 6) is 0.876. The van der Waals surface area contributed by atoms with Gasteiger partial charge in [-0.1, -0.05) is 13.0 Å². The van der Waals surface area contributed by atoms with E-state index in [0.717, 1.165) is 31.5 Å². The lowest BCUT2D eigenvalue weighted by Gasteiger charge is -2.35.